The summed E-state index contributed by atoms with van der Waals surface area (Å²) in [6.07, 6.45) is -0.444. The Bertz CT molecular complexity index is 827. The van der Waals surface area contributed by atoms with Crippen LogP contribution in [0.2, 0.25) is 0 Å². The molecule has 2 heterocycles. The van der Waals surface area contributed by atoms with E-state index < -0.39 is 17.5 Å². The third-order valence-electron chi connectivity index (χ3n) is 5.62. The first kappa shape index (κ1) is 17.4. The Morgan fingerprint density at radius 3 is 2.30 bits per heavy atom. The van der Waals surface area contributed by atoms with E-state index in [0.29, 0.717) is 19.6 Å². The molecule has 2 aromatic rings. The number of benzene rings is 2. The van der Waals surface area contributed by atoms with Crippen molar-refractivity contribution < 1.29 is 19.4 Å². The van der Waals surface area contributed by atoms with E-state index >= 15 is 0 Å². The van der Waals surface area contributed by atoms with Gasteiger partial charge in [0.15, 0.2) is 0 Å². The highest BCUT2D eigenvalue weighted by molar-refractivity contribution is 5.80. The maximum atomic E-state index is 12.5. The number of hydrogen-bond acceptors (Lipinski definition) is 4. The number of rotatable bonds is 4. The summed E-state index contributed by atoms with van der Waals surface area (Å²) in [5.74, 6) is -0.955. The Balaban J connectivity index is 1.43. The average Bonchev–Trinajstić information content (AvgIpc) is 3.23. The molecule has 2 aliphatic rings. The molecule has 0 radical (unpaired) electrons. The zero-order valence-corrected chi connectivity index (χ0v) is 15.0. The van der Waals surface area contributed by atoms with Gasteiger partial charge in [0.1, 0.15) is 12.0 Å². The van der Waals surface area contributed by atoms with Gasteiger partial charge in [0.25, 0.3) is 0 Å². The second kappa shape index (κ2) is 6.95. The first-order valence-corrected chi connectivity index (χ1v) is 9.07. The minimum Gasteiger partial charge on any atom is -0.481 e. The molecule has 0 aromatic heterocycles. The van der Waals surface area contributed by atoms with Crippen molar-refractivity contribution in [3.05, 3.63) is 66.2 Å². The van der Waals surface area contributed by atoms with Crippen LogP contribution in [-0.4, -0.2) is 48.2 Å². The third kappa shape index (κ3) is 3.23. The number of carboxylic acid groups (broad SMARTS) is 1. The van der Waals surface area contributed by atoms with Gasteiger partial charge in [0.2, 0.25) is 0 Å². The lowest BCUT2D eigenvalue weighted by Crippen LogP contribution is -2.42. The maximum absolute atomic E-state index is 12.5. The van der Waals surface area contributed by atoms with Crippen molar-refractivity contribution in [3.8, 4) is 0 Å². The normalized spacial score (nSPS) is 23.9. The van der Waals surface area contributed by atoms with E-state index in [4.69, 9.17) is 4.74 Å². The van der Waals surface area contributed by atoms with E-state index in [2.05, 4.69) is 4.90 Å². The van der Waals surface area contributed by atoms with Gasteiger partial charge in [0.05, 0.1) is 0 Å². The molecule has 27 heavy (non-hydrogen) atoms. The third-order valence-corrected chi connectivity index (χ3v) is 5.62. The Labute approximate surface area is 158 Å². The highest BCUT2D eigenvalue weighted by atomic mass is 16.6. The summed E-state index contributed by atoms with van der Waals surface area (Å²) in [6.45, 7) is 1.81. The van der Waals surface area contributed by atoms with Crippen molar-refractivity contribution in [2.45, 2.75) is 6.61 Å². The van der Waals surface area contributed by atoms with Gasteiger partial charge in [-0.2, -0.15) is 0 Å². The molecule has 140 valence electrons. The molecule has 4 rings (SSSR count). The highest BCUT2D eigenvalue weighted by Gasteiger charge is 2.59. The van der Waals surface area contributed by atoms with Gasteiger partial charge >= 0.3 is 12.1 Å². The fourth-order valence-electron chi connectivity index (χ4n) is 4.15. The Morgan fingerprint density at radius 2 is 1.67 bits per heavy atom. The van der Waals surface area contributed by atoms with Crippen LogP contribution >= 0.6 is 0 Å². The molecule has 6 nitrogen and oxygen atoms in total. The van der Waals surface area contributed by atoms with Crippen LogP contribution in [0.25, 0.3) is 0 Å². The number of hydrogen-bond donors (Lipinski definition) is 1. The molecule has 1 amide bonds. The molecular formula is C21H22N2O4. The quantitative estimate of drug-likeness (QED) is 0.901. The molecule has 1 N–H and O–H groups in total. The zero-order valence-electron chi connectivity index (χ0n) is 15.0. The van der Waals surface area contributed by atoms with E-state index in [9.17, 15) is 14.7 Å². The molecule has 2 fully saturated rings. The molecule has 2 atom stereocenters. The number of fused-ring (bicyclic) bond motifs is 1. The lowest BCUT2D eigenvalue weighted by Gasteiger charge is -2.26. The number of para-hydroxylation sites is 1. The molecular weight excluding hydrogens is 344 g/mol. The molecule has 6 heteroatoms. The number of likely N-dealkylation sites (tertiary alicyclic amines) is 1. The SMILES string of the molecule is O=C(OCc1ccccc1)N1CC2CN(c3ccccc3)CC2(C(=O)O)C1. The molecule has 2 unspecified atom stereocenters. The molecule has 0 bridgehead atoms. The molecule has 2 aliphatic heterocycles. The van der Waals surface area contributed by atoms with Gasteiger partial charge in [-0.15, -0.1) is 0 Å². The van der Waals surface area contributed by atoms with Crippen LogP contribution in [0.1, 0.15) is 5.56 Å². The van der Waals surface area contributed by atoms with Crippen molar-refractivity contribution in [2.75, 3.05) is 31.1 Å². The number of aliphatic carboxylic acids is 1. The summed E-state index contributed by atoms with van der Waals surface area (Å²) in [5.41, 5.74) is 0.987. The standard InChI is InChI=1S/C21H22N2O4/c24-19(25)21-14-22(18-9-5-2-6-10-18)11-17(21)12-23(15-21)20(26)27-13-16-7-3-1-4-8-16/h1-10,17H,11-15H2,(H,24,25). The van der Waals surface area contributed by atoms with Crippen molar-refractivity contribution >= 4 is 17.7 Å². The molecule has 0 aliphatic carbocycles. The lowest BCUT2D eigenvalue weighted by molar-refractivity contribution is -0.148. The van der Waals surface area contributed by atoms with E-state index in [1.165, 1.54) is 0 Å². The van der Waals surface area contributed by atoms with Gasteiger partial charge in [0, 0.05) is 37.8 Å². The van der Waals surface area contributed by atoms with Crippen LogP contribution < -0.4 is 4.90 Å². The van der Waals surface area contributed by atoms with Crippen LogP contribution in [0.15, 0.2) is 60.7 Å². The first-order chi connectivity index (χ1) is 13.1. The van der Waals surface area contributed by atoms with Gasteiger partial charge in [-0.3, -0.25) is 4.79 Å². The van der Waals surface area contributed by atoms with Crippen molar-refractivity contribution in [1.82, 2.24) is 4.90 Å². The Morgan fingerprint density at radius 1 is 1.00 bits per heavy atom. The predicted molar refractivity (Wildman–Crippen MR) is 100 cm³/mol. The lowest BCUT2D eigenvalue weighted by atomic mass is 9.81. The maximum Gasteiger partial charge on any atom is 0.410 e. The fraction of sp³-hybridized carbons (Fsp3) is 0.333. The molecule has 0 saturated carbocycles. The van der Waals surface area contributed by atoms with Gasteiger partial charge < -0.3 is 19.6 Å². The monoisotopic (exact) mass is 366 g/mol. The van der Waals surface area contributed by atoms with Crippen LogP contribution in [-0.2, 0) is 16.1 Å². The average molecular weight is 366 g/mol. The fourth-order valence-corrected chi connectivity index (χ4v) is 4.15. The number of carbonyl (C=O) groups is 2. The number of carboxylic acids is 1. The number of nitrogens with zero attached hydrogens (tertiary/aromatic N) is 2. The second-order valence-corrected chi connectivity index (χ2v) is 7.29. The molecule has 2 aromatic carbocycles. The Hall–Kier alpha value is -3.02. The number of amides is 1. The Kier molecular flexibility index (Phi) is 4.48. The predicted octanol–water partition coefficient (Wildman–Crippen LogP) is 2.85. The molecule has 0 spiro atoms. The minimum absolute atomic E-state index is 0.112. The van der Waals surface area contributed by atoms with Crippen molar-refractivity contribution in [3.63, 3.8) is 0 Å². The highest BCUT2D eigenvalue weighted by Crippen LogP contribution is 2.44. The van der Waals surface area contributed by atoms with Crippen LogP contribution in [0.5, 0.6) is 0 Å². The summed E-state index contributed by atoms with van der Waals surface area (Å²) in [6, 6.07) is 19.3. The zero-order chi connectivity index (χ0) is 18.9. The van der Waals surface area contributed by atoms with Gasteiger partial charge in [-0.1, -0.05) is 48.5 Å². The van der Waals surface area contributed by atoms with E-state index in [-0.39, 0.29) is 19.1 Å². The van der Waals surface area contributed by atoms with Crippen LogP contribution in [0.3, 0.4) is 0 Å². The second-order valence-electron chi connectivity index (χ2n) is 7.29. The largest absolute Gasteiger partial charge is 0.481 e. The number of anilines is 1. The summed E-state index contributed by atoms with van der Waals surface area (Å²) in [5, 5.41) is 9.94. The van der Waals surface area contributed by atoms with Gasteiger partial charge in [-0.05, 0) is 17.7 Å². The minimum atomic E-state index is -0.943. The van der Waals surface area contributed by atoms with Crippen molar-refractivity contribution in [2.24, 2.45) is 11.3 Å². The van der Waals surface area contributed by atoms with Crippen molar-refractivity contribution in [1.29, 1.82) is 0 Å². The summed E-state index contributed by atoms with van der Waals surface area (Å²) < 4.78 is 5.39. The number of ether oxygens (including phenoxy) is 1. The number of carbonyl (C=O) groups excluding carboxylic acids is 1. The summed E-state index contributed by atoms with van der Waals surface area (Å²) >= 11 is 0. The van der Waals surface area contributed by atoms with E-state index in [1.807, 2.05) is 60.7 Å². The summed E-state index contributed by atoms with van der Waals surface area (Å²) in [7, 11) is 0. The van der Waals surface area contributed by atoms with E-state index in [0.717, 1.165) is 11.3 Å². The van der Waals surface area contributed by atoms with E-state index in [1.54, 1.807) is 4.90 Å². The van der Waals surface area contributed by atoms with Crippen LogP contribution in [0.4, 0.5) is 10.5 Å². The molecule has 2 saturated heterocycles. The van der Waals surface area contributed by atoms with Crippen LogP contribution in [0, 0.1) is 11.3 Å². The smallest absolute Gasteiger partial charge is 0.410 e. The summed E-state index contributed by atoms with van der Waals surface area (Å²) in [4.78, 5) is 28.2. The topological polar surface area (TPSA) is 70.1 Å². The van der Waals surface area contributed by atoms with Gasteiger partial charge in [-0.25, -0.2) is 4.79 Å². The first-order valence-electron chi connectivity index (χ1n) is 9.07.